The largest absolute Gasteiger partial charge is 0.493 e. The summed E-state index contributed by atoms with van der Waals surface area (Å²) in [7, 11) is 8.73. The van der Waals surface area contributed by atoms with Crippen molar-refractivity contribution in [2.45, 2.75) is 36.7 Å². The minimum absolute atomic E-state index is 0.0611. The molecule has 224 valence electrons. The molecule has 1 aliphatic rings. The highest BCUT2D eigenvalue weighted by Gasteiger charge is 2.24. The molecule has 0 bridgehead atoms. The number of likely N-dealkylation sites (N-methyl/N-ethyl adjacent to an activating group) is 2. The number of rotatable bonds is 14. The number of methoxy groups -OCH3 is 3. The standard InChI is InChI=1S/C34H42ClN3O4/c1-36-21-30(18-23-11-14-28(35)15-12-23)38(2)22-29(17-24-10-13-25-8-6-7-9-26(25)16-24)37-34(39)27-19-31(40-3)33(42-5)32(20-27)41-4/h6-14,16,19-20,28-30,36H,15,17-18,21-22H2,1-5H3,(H,37,39)/t28?,29-,30-/m0/s1. The van der Waals surface area contributed by atoms with Crippen molar-refractivity contribution in [3.8, 4) is 17.2 Å². The fourth-order valence-corrected chi connectivity index (χ4v) is 5.63. The van der Waals surface area contributed by atoms with Crippen LogP contribution in [0.4, 0.5) is 0 Å². The summed E-state index contributed by atoms with van der Waals surface area (Å²) < 4.78 is 16.4. The molecule has 0 saturated heterocycles. The third kappa shape index (κ3) is 8.06. The summed E-state index contributed by atoms with van der Waals surface area (Å²) in [4.78, 5) is 16.0. The lowest BCUT2D eigenvalue weighted by Crippen LogP contribution is -2.49. The van der Waals surface area contributed by atoms with Gasteiger partial charge in [-0.2, -0.15) is 0 Å². The van der Waals surface area contributed by atoms with Gasteiger partial charge in [0.25, 0.3) is 5.91 Å². The highest BCUT2D eigenvalue weighted by atomic mass is 35.5. The minimum atomic E-state index is -0.204. The summed E-state index contributed by atoms with van der Waals surface area (Å²) in [6, 6.07) is 18.3. The van der Waals surface area contributed by atoms with Crippen LogP contribution in [-0.4, -0.2) is 76.8 Å². The monoisotopic (exact) mass is 591 g/mol. The zero-order valence-electron chi connectivity index (χ0n) is 25.2. The number of hydrogen-bond donors (Lipinski definition) is 2. The molecule has 0 aromatic heterocycles. The number of carbonyl (C=O) groups excluding carboxylic acids is 1. The maximum atomic E-state index is 13.7. The van der Waals surface area contributed by atoms with Crippen molar-refractivity contribution in [3.05, 3.63) is 89.5 Å². The molecule has 0 spiro atoms. The Kier molecular flexibility index (Phi) is 11.3. The second-order valence-electron chi connectivity index (χ2n) is 10.7. The summed E-state index contributed by atoms with van der Waals surface area (Å²) >= 11 is 6.26. The smallest absolute Gasteiger partial charge is 0.251 e. The van der Waals surface area contributed by atoms with Crippen molar-refractivity contribution in [1.82, 2.24) is 15.5 Å². The van der Waals surface area contributed by atoms with Crippen molar-refractivity contribution in [2.24, 2.45) is 0 Å². The van der Waals surface area contributed by atoms with Gasteiger partial charge in [-0.3, -0.25) is 9.69 Å². The van der Waals surface area contributed by atoms with Crippen LogP contribution < -0.4 is 24.8 Å². The van der Waals surface area contributed by atoms with Gasteiger partial charge in [-0.1, -0.05) is 66.3 Å². The minimum Gasteiger partial charge on any atom is -0.493 e. The van der Waals surface area contributed by atoms with Gasteiger partial charge in [0, 0.05) is 30.7 Å². The molecule has 0 aliphatic heterocycles. The molecule has 42 heavy (non-hydrogen) atoms. The number of nitrogens with zero attached hydrogens (tertiary/aromatic N) is 1. The molecule has 3 aromatic carbocycles. The first-order chi connectivity index (χ1) is 20.3. The van der Waals surface area contributed by atoms with Crippen LogP contribution >= 0.6 is 11.6 Å². The quantitative estimate of drug-likeness (QED) is 0.238. The molecule has 0 fully saturated rings. The van der Waals surface area contributed by atoms with Crippen molar-refractivity contribution < 1.29 is 19.0 Å². The van der Waals surface area contributed by atoms with Gasteiger partial charge in [0.2, 0.25) is 5.75 Å². The van der Waals surface area contributed by atoms with Crippen molar-refractivity contribution >= 4 is 28.3 Å². The summed E-state index contributed by atoms with van der Waals surface area (Å²) in [5.41, 5.74) is 2.88. The molecule has 1 unspecified atom stereocenters. The Morgan fingerprint density at radius 3 is 2.33 bits per heavy atom. The fourth-order valence-electron chi connectivity index (χ4n) is 5.47. The van der Waals surface area contributed by atoms with Gasteiger partial charge in [-0.25, -0.2) is 0 Å². The van der Waals surface area contributed by atoms with Crippen LogP contribution in [0.3, 0.4) is 0 Å². The van der Waals surface area contributed by atoms with E-state index in [1.807, 2.05) is 19.2 Å². The van der Waals surface area contributed by atoms with Crippen LogP contribution in [0.15, 0.2) is 78.4 Å². The topological polar surface area (TPSA) is 72.1 Å². The second kappa shape index (κ2) is 15.1. The molecule has 1 amide bonds. The Morgan fingerprint density at radius 2 is 1.71 bits per heavy atom. The number of fused-ring (bicyclic) bond motifs is 1. The van der Waals surface area contributed by atoms with E-state index in [-0.39, 0.29) is 23.4 Å². The molecule has 4 rings (SSSR count). The highest BCUT2D eigenvalue weighted by Crippen LogP contribution is 2.38. The zero-order valence-corrected chi connectivity index (χ0v) is 25.9. The lowest BCUT2D eigenvalue weighted by Gasteiger charge is -2.32. The Hall–Kier alpha value is -3.52. The number of hydrogen-bond acceptors (Lipinski definition) is 6. The molecular formula is C34H42ClN3O4. The van der Waals surface area contributed by atoms with Gasteiger partial charge in [-0.15, -0.1) is 11.6 Å². The number of amides is 1. The van der Waals surface area contributed by atoms with Crippen LogP contribution in [0.2, 0.25) is 0 Å². The fraction of sp³-hybridized carbons (Fsp3) is 0.382. The number of benzene rings is 3. The summed E-state index contributed by atoms with van der Waals surface area (Å²) in [5.74, 6) is 1.12. The second-order valence-corrected chi connectivity index (χ2v) is 11.3. The summed E-state index contributed by atoms with van der Waals surface area (Å²) in [6.45, 7) is 1.47. The third-order valence-electron chi connectivity index (χ3n) is 7.73. The number of ether oxygens (including phenoxy) is 3. The van der Waals surface area contributed by atoms with Gasteiger partial charge in [0.1, 0.15) is 0 Å². The average molecular weight is 592 g/mol. The van der Waals surface area contributed by atoms with Crippen LogP contribution in [0, 0.1) is 0 Å². The van der Waals surface area contributed by atoms with Crippen molar-refractivity contribution in [3.63, 3.8) is 0 Å². The Balaban J connectivity index is 1.59. The average Bonchev–Trinajstić information content (AvgIpc) is 3.00. The maximum Gasteiger partial charge on any atom is 0.251 e. The van der Waals surface area contributed by atoms with Gasteiger partial charge in [-0.05, 0) is 61.8 Å². The molecule has 0 heterocycles. The van der Waals surface area contributed by atoms with Gasteiger partial charge in [0.15, 0.2) is 11.5 Å². The molecule has 8 heteroatoms. The van der Waals surface area contributed by atoms with E-state index >= 15 is 0 Å². The normalized spacial score (nSPS) is 16.2. The van der Waals surface area contributed by atoms with Crippen LogP contribution in [0.1, 0.15) is 28.8 Å². The van der Waals surface area contributed by atoms with Crippen LogP contribution in [0.5, 0.6) is 17.2 Å². The van der Waals surface area contributed by atoms with Gasteiger partial charge < -0.3 is 24.8 Å². The molecular weight excluding hydrogens is 550 g/mol. The van der Waals surface area contributed by atoms with E-state index in [1.54, 1.807) is 33.5 Å². The number of alkyl halides is 1. The van der Waals surface area contributed by atoms with E-state index in [0.717, 1.165) is 24.9 Å². The number of nitrogens with one attached hydrogen (secondary N) is 2. The lowest BCUT2D eigenvalue weighted by atomic mass is 9.97. The molecule has 0 saturated carbocycles. The predicted octanol–water partition coefficient (Wildman–Crippen LogP) is 5.61. The van der Waals surface area contributed by atoms with Crippen LogP contribution in [-0.2, 0) is 6.42 Å². The Labute approximate surface area is 254 Å². The van der Waals surface area contributed by atoms with E-state index in [4.69, 9.17) is 25.8 Å². The van der Waals surface area contributed by atoms with E-state index in [0.29, 0.717) is 35.8 Å². The van der Waals surface area contributed by atoms with E-state index in [9.17, 15) is 4.79 Å². The summed E-state index contributed by atoms with van der Waals surface area (Å²) in [6.07, 6.45) is 8.84. The maximum absolute atomic E-state index is 13.7. The third-order valence-corrected chi connectivity index (χ3v) is 8.05. The van der Waals surface area contributed by atoms with E-state index in [1.165, 1.54) is 16.3 Å². The lowest BCUT2D eigenvalue weighted by molar-refractivity contribution is 0.0920. The first-order valence-corrected chi connectivity index (χ1v) is 14.7. The first-order valence-electron chi connectivity index (χ1n) is 14.3. The number of carbonyl (C=O) groups is 1. The van der Waals surface area contributed by atoms with E-state index < -0.39 is 0 Å². The molecule has 0 radical (unpaired) electrons. The van der Waals surface area contributed by atoms with Crippen molar-refractivity contribution in [2.75, 3.05) is 48.5 Å². The molecule has 3 atom stereocenters. The Morgan fingerprint density at radius 1 is 1.00 bits per heavy atom. The highest BCUT2D eigenvalue weighted by molar-refractivity contribution is 6.22. The summed E-state index contributed by atoms with van der Waals surface area (Å²) in [5, 5.41) is 9.09. The number of halogens is 1. The van der Waals surface area contributed by atoms with Crippen molar-refractivity contribution in [1.29, 1.82) is 0 Å². The molecule has 7 nitrogen and oxygen atoms in total. The zero-order chi connectivity index (χ0) is 30.1. The van der Waals surface area contributed by atoms with Gasteiger partial charge >= 0.3 is 0 Å². The molecule has 2 N–H and O–H groups in total. The predicted molar refractivity (Wildman–Crippen MR) is 171 cm³/mol. The Bertz CT molecular complexity index is 1400. The van der Waals surface area contributed by atoms with Crippen LogP contribution in [0.25, 0.3) is 10.8 Å². The molecule has 3 aromatic rings. The molecule has 1 aliphatic carbocycles. The number of allylic oxidation sites excluding steroid dienone is 3. The van der Waals surface area contributed by atoms with Gasteiger partial charge in [0.05, 0.1) is 26.7 Å². The first kappa shape index (κ1) is 31.4. The van der Waals surface area contributed by atoms with E-state index in [2.05, 4.69) is 71.1 Å². The SMILES string of the molecule is CNC[C@H](CC1=CCC(Cl)C=C1)N(C)C[C@H](Cc1ccc2ccccc2c1)NC(=O)c1cc(OC)c(OC)c(OC)c1.